The second-order valence-electron chi connectivity index (χ2n) is 2.05. The smallest absolute Gasteiger partial charge is 0.148 e. The van der Waals surface area contributed by atoms with E-state index >= 15 is 0 Å². The molecular formula is C6H4BrClN2. The minimum atomic E-state index is -0.0770. The molecular weight excluding hydrogens is 215 g/mol. The van der Waals surface area contributed by atoms with Gasteiger partial charge in [-0.05, 0) is 22.0 Å². The fraction of sp³-hybridized carbons (Fsp3) is 0.167. The lowest BCUT2D eigenvalue weighted by Gasteiger charge is -1.99. The Kier molecular flexibility index (Phi) is 1.35. The van der Waals surface area contributed by atoms with E-state index in [1.165, 1.54) is 0 Å². The third kappa shape index (κ3) is 0.739. The van der Waals surface area contributed by atoms with Crippen molar-refractivity contribution in [3.63, 3.8) is 0 Å². The van der Waals surface area contributed by atoms with Crippen molar-refractivity contribution in [2.45, 2.75) is 5.50 Å². The fourth-order valence-corrected chi connectivity index (χ4v) is 1.97. The summed E-state index contributed by atoms with van der Waals surface area (Å²) in [5.74, 6) is 0.903. The lowest BCUT2D eigenvalue weighted by atomic mass is 10.5. The Morgan fingerprint density at radius 3 is 3.20 bits per heavy atom. The number of aromatic nitrogens is 2. The first-order valence-electron chi connectivity index (χ1n) is 2.83. The first-order chi connectivity index (χ1) is 4.79. The zero-order valence-corrected chi connectivity index (χ0v) is 7.30. The first kappa shape index (κ1) is 6.43. The standard InChI is InChI=1S/C6H4BrClN2/c7-4-3-5(8)10-2-1-9-6(4)10/h1-3,5H. The number of hydrogen-bond donors (Lipinski definition) is 0. The molecule has 1 atom stereocenters. The molecule has 0 saturated heterocycles. The van der Waals surface area contributed by atoms with Gasteiger partial charge in [0.2, 0.25) is 0 Å². The van der Waals surface area contributed by atoms with Crippen molar-refractivity contribution in [3.8, 4) is 0 Å². The number of fused-ring (bicyclic) bond motifs is 1. The lowest BCUT2D eigenvalue weighted by molar-refractivity contribution is 0.805. The number of allylic oxidation sites excluding steroid dienone is 1. The number of halogens is 2. The van der Waals surface area contributed by atoms with Gasteiger partial charge in [-0.3, -0.25) is 0 Å². The summed E-state index contributed by atoms with van der Waals surface area (Å²) in [6.07, 6.45) is 5.50. The number of rotatable bonds is 0. The van der Waals surface area contributed by atoms with Gasteiger partial charge in [0.1, 0.15) is 11.3 Å². The molecule has 0 saturated carbocycles. The van der Waals surface area contributed by atoms with Crippen LogP contribution in [0.3, 0.4) is 0 Å². The molecule has 52 valence electrons. The molecule has 0 N–H and O–H groups in total. The van der Waals surface area contributed by atoms with Crippen LogP contribution in [0.1, 0.15) is 11.3 Å². The molecule has 1 aliphatic heterocycles. The fourth-order valence-electron chi connectivity index (χ4n) is 0.973. The average molecular weight is 219 g/mol. The third-order valence-electron chi connectivity index (χ3n) is 1.43. The van der Waals surface area contributed by atoms with Gasteiger partial charge < -0.3 is 4.57 Å². The maximum absolute atomic E-state index is 5.90. The summed E-state index contributed by atoms with van der Waals surface area (Å²) in [4.78, 5) is 4.09. The van der Waals surface area contributed by atoms with Gasteiger partial charge in [-0.15, -0.1) is 0 Å². The molecule has 2 rings (SSSR count). The molecule has 1 unspecified atom stereocenters. The maximum atomic E-state index is 5.90. The van der Waals surface area contributed by atoms with Gasteiger partial charge in [0.25, 0.3) is 0 Å². The molecule has 2 nitrogen and oxygen atoms in total. The molecule has 0 bridgehead atoms. The van der Waals surface area contributed by atoms with E-state index in [9.17, 15) is 0 Å². The van der Waals surface area contributed by atoms with Crippen molar-refractivity contribution >= 4 is 32.0 Å². The van der Waals surface area contributed by atoms with E-state index in [4.69, 9.17) is 11.6 Å². The summed E-state index contributed by atoms with van der Waals surface area (Å²) in [6, 6.07) is 0. The molecule has 0 aliphatic carbocycles. The van der Waals surface area contributed by atoms with Gasteiger partial charge in [-0.1, -0.05) is 11.6 Å². The highest BCUT2D eigenvalue weighted by Gasteiger charge is 2.18. The molecule has 1 aromatic heterocycles. The van der Waals surface area contributed by atoms with Crippen molar-refractivity contribution < 1.29 is 0 Å². The molecule has 1 aromatic rings. The van der Waals surface area contributed by atoms with Gasteiger partial charge >= 0.3 is 0 Å². The van der Waals surface area contributed by atoms with E-state index in [1.807, 2.05) is 16.8 Å². The number of nitrogens with zero attached hydrogens (tertiary/aromatic N) is 2. The molecule has 4 heteroatoms. The van der Waals surface area contributed by atoms with E-state index < -0.39 is 0 Å². The minimum absolute atomic E-state index is 0.0770. The Morgan fingerprint density at radius 2 is 2.50 bits per heavy atom. The van der Waals surface area contributed by atoms with Crippen molar-refractivity contribution in [2.24, 2.45) is 0 Å². The van der Waals surface area contributed by atoms with E-state index in [-0.39, 0.29) is 5.50 Å². The van der Waals surface area contributed by atoms with Crippen molar-refractivity contribution in [1.29, 1.82) is 0 Å². The molecule has 0 fully saturated rings. The molecule has 0 amide bonds. The van der Waals surface area contributed by atoms with Gasteiger partial charge in [-0.25, -0.2) is 4.98 Å². The van der Waals surface area contributed by atoms with Crippen LogP contribution in [0.4, 0.5) is 0 Å². The molecule has 0 aromatic carbocycles. The normalized spacial score (nSPS) is 22.6. The van der Waals surface area contributed by atoms with Crippen molar-refractivity contribution in [1.82, 2.24) is 9.55 Å². The van der Waals surface area contributed by atoms with Crippen LogP contribution < -0.4 is 0 Å². The Morgan fingerprint density at radius 1 is 1.70 bits per heavy atom. The quantitative estimate of drug-likeness (QED) is 0.613. The highest BCUT2D eigenvalue weighted by Crippen LogP contribution is 2.33. The zero-order valence-electron chi connectivity index (χ0n) is 4.96. The summed E-state index contributed by atoms with van der Waals surface area (Å²) in [6.45, 7) is 0. The topological polar surface area (TPSA) is 17.8 Å². The molecule has 0 spiro atoms. The number of imidazole rings is 1. The highest BCUT2D eigenvalue weighted by atomic mass is 79.9. The molecule has 0 radical (unpaired) electrons. The minimum Gasteiger partial charge on any atom is -0.310 e. The summed E-state index contributed by atoms with van der Waals surface area (Å²) in [5.41, 5.74) is -0.0770. The predicted octanol–water partition coefficient (Wildman–Crippen LogP) is 2.37. The van der Waals surface area contributed by atoms with E-state index in [0.29, 0.717) is 0 Å². The van der Waals surface area contributed by atoms with Crippen LogP contribution >= 0.6 is 27.5 Å². The molecule has 1 aliphatic rings. The van der Waals surface area contributed by atoms with E-state index in [2.05, 4.69) is 20.9 Å². The Hall–Kier alpha value is -0.280. The summed E-state index contributed by atoms with van der Waals surface area (Å²) < 4.78 is 2.86. The van der Waals surface area contributed by atoms with Crippen molar-refractivity contribution in [3.05, 3.63) is 24.3 Å². The number of hydrogen-bond acceptors (Lipinski definition) is 1. The Labute approximate surface area is 71.6 Å². The summed E-state index contributed by atoms with van der Waals surface area (Å²) >= 11 is 9.25. The van der Waals surface area contributed by atoms with Crippen LogP contribution in [-0.4, -0.2) is 9.55 Å². The SMILES string of the molecule is ClC1C=C(Br)c2nccn21. The van der Waals surface area contributed by atoms with Gasteiger partial charge in [0.15, 0.2) is 0 Å². The monoisotopic (exact) mass is 218 g/mol. The molecule has 10 heavy (non-hydrogen) atoms. The van der Waals surface area contributed by atoms with E-state index in [0.717, 1.165) is 10.3 Å². The average Bonchev–Trinajstić information content (AvgIpc) is 2.39. The van der Waals surface area contributed by atoms with Crippen LogP contribution in [0.5, 0.6) is 0 Å². The summed E-state index contributed by atoms with van der Waals surface area (Å²) in [7, 11) is 0. The van der Waals surface area contributed by atoms with Crippen LogP contribution in [0.15, 0.2) is 18.5 Å². The third-order valence-corrected chi connectivity index (χ3v) is 2.39. The Balaban J connectivity index is 2.61. The van der Waals surface area contributed by atoms with E-state index in [1.54, 1.807) is 6.20 Å². The van der Waals surface area contributed by atoms with Crippen LogP contribution in [0.2, 0.25) is 0 Å². The lowest BCUT2D eigenvalue weighted by Crippen LogP contribution is -1.93. The van der Waals surface area contributed by atoms with Crippen LogP contribution in [-0.2, 0) is 0 Å². The highest BCUT2D eigenvalue weighted by molar-refractivity contribution is 9.15. The van der Waals surface area contributed by atoms with Gasteiger partial charge in [-0.2, -0.15) is 0 Å². The predicted molar refractivity (Wildman–Crippen MR) is 44.0 cm³/mol. The van der Waals surface area contributed by atoms with Gasteiger partial charge in [0.05, 0.1) is 4.48 Å². The largest absolute Gasteiger partial charge is 0.310 e. The van der Waals surface area contributed by atoms with Crippen LogP contribution in [0.25, 0.3) is 4.48 Å². The second kappa shape index (κ2) is 2.10. The zero-order chi connectivity index (χ0) is 7.14. The van der Waals surface area contributed by atoms with Crippen molar-refractivity contribution in [2.75, 3.05) is 0 Å². The Bertz CT molecular complexity index is 292. The van der Waals surface area contributed by atoms with Gasteiger partial charge in [0, 0.05) is 12.4 Å². The second-order valence-corrected chi connectivity index (χ2v) is 3.35. The molecule has 2 heterocycles. The van der Waals surface area contributed by atoms with Crippen LogP contribution in [0, 0.1) is 0 Å². The number of alkyl halides is 1. The summed E-state index contributed by atoms with van der Waals surface area (Å²) in [5, 5.41) is 0. The first-order valence-corrected chi connectivity index (χ1v) is 4.06. The maximum Gasteiger partial charge on any atom is 0.148 e.